The fourth-order valence-electron chi connectivity index (χ4n) is 18.5. The van der Waals surface area contributed by atoms with Gasteiger partial charge in [0.1, 0.15) is 76.5 Å². The molecule has 5 aromatic rings. The number of rotatable bonds is 24. The van der Waals surface area contributed by atoms with Crippen LogP contribution in [0.3, 0.4) is 0 Å². The van der Waals surface area contributed by atoms with Gasteiger partial charge < -0.3 is 119 Å². The number of esters is 3. The summed E-state index contributed by atoms with van der Waals surface area (Å²) in [6, 6.07) is 21.6. The molecule has 31 nitrogen and oxygen atoms in total. The summed E-state index contributed by atoms with van der Waals surface area (Å²) in [5.41, 5.74) is 14.1. The first-order valence-corrected chi connectivity index (χ1v) is 50.3. The van der Waals surface area contributed by atoms with Crippen molar-refractivity contribution in [3.05, 3.63) is 224 Å². The third-order valence-electron chi connectivity index (χ3n) is 26.1. The summed E-state index contributed by atoms with van der Waals surface area (Å²) >= 11 is 13.0. The summed E-state index contributed by atoms with van der Waals surface area (Å²) in [7, 11) is 2.13. The molecule has 8 heterocycles. The number of para-hydroxylation sites is 2. The van der Waals surface area contributed by atoms with Gasteiger partial charge in [-0.1, -0.05) is 150 Å². The average molecular weight is 2120 g/mol. The van der Waals surface area contributed by atoms with Gasteiger partial charge in [-0.25, -0.2) is 14.4 Å². The second-order valence-electron chi connectivity index (χ2n) is 37.5. The third kappa shape index (κ3) is 32.9. The molecule has 0 spiro atoms. The van der Waals surface area contributed by atoms with E-state index >= 15 is 0 Å². The number of nitrogens with zero attached hydrogens (tertiary/aromatic N) is 8. The number of carbonyl (C=O) groups is 8. The number of phenols is 6. The number of anilines is 1. The number of aromatic hydroxyl groups is 6. The topological polar surface area (TPSA) is 416 Å². The maximum Gasteiger partial charge on any atom is 0.342 e. The number of benzene rings is 5. The first-order chi connectivity index (χ1) is 68.4. The van der Waals surface area contributed by atoms with Crippen LogP contribution in [0.25, 0.3) is 0 Å². The average Bonchev–Trinajstić information content (AvgIpc) is 1.60. The first kappa shape index (κ1) is 113. The number of amides is 5. The molecule has 3 atom stereocenters. The van der Waals surface area contributed by atoms with E-state index in [1.54, 1.807) is 32.9 Å². The maximum atomic E-state index is 13.9. The molecular formula is C109H138Cl2IN11O20. The van der Waals surface area contributed by atoms with Crippen LogP contribution in [-0.4, -0.2) is 231 Å². The number of carbonyl (C=O) groups excluding carboxylic acids is 8. The molecule has 0 aliphatic carbocycles. The molecule has 10 N–H and O–H groups in total. The minimum absolute atomic E-state index is 0. The van der Waals surface area contributed by atoms with E-state index in [1.165, 1.54) is 46.9 Å². The van der Waals surface area contributed by atoms with Gasteiger partial charge >= 0.3 is 17.9 Å². The summed E-state index contributed by atoms with van der Waals surface area (Å²) in [6.07, 6.45) is 45.4. The number of allylic oxidation sites excluding steroid dienone is 13. The monoisotopic (exact) mass is 2120 g/mol. The third-order valence-corrected chi connectivity index (χ3v) is 27.0. The Hall–Kier alpha value is -12.3. The number of cyclic esters (lactones) is 3. The van der Waals surface area contributed by atoms with Crippen LogP contribution in [0.5, 0.6) is 34.5 Å². The molecular weight excluding hydrogens is 1980 g/mol. The van der Waals surface area contributed by atoms with Crippen molar-refractivity contribution in [2.45, 2.75) is 237 Å². The van der Waals surface area contributed by atoms with E-state index in [9.17, 15) is 69.0 Å². The van der Waals surface area contributed by atoms with Gasteiger partial charge in [-0.15, -0.1) is 0 Å². The largest absolute Gasteiger partial charge is 1.00 e. The summed E-state index contributed by atoms with van der Waals surface area (Å²) in [5, 5.41) is 81.0. The molecule has 13 rings (SSSR count). The second-order valence-corrected chi connectivity index (χ2v) is 38.2. The van der Waals surface area contributed by atoms with E-state index in [-0.39, 0.29) is 159 Å². The fourth-order valence-corrected chi connectivity index (χ4v) is 18.9. The van der Waals surface area contributed by atoms with Gasteiger partial charge in [-0.05, 0) is 195 Å². The second kappa shape index (κ2) is 56.7. The molecule has 3 unspecified atom stereocenters. The highest BCUT2D eigenvalue weighted by molar-refractivity contribution is 6.34. The smallest absolute Gasteiger partial charge is 0.342 e. The number of ether oxygens (including phenoxy) is 3. The van der Waals surface area contributed by atoms with Crippen LogP contribution in [0.15, 0.2) is 185 Å². The van der Waals surface area contributed by atoms with Crippen LogP contribution in [-0.2, 0) is 82.8 Å². The van der Waals surface area contributed by atoms with Crippen molar-refractivity contribution in [2.75, 3.05) is 97.2 Å². The Bertz CT molecular complexity index is 5660. The standard InChI is InChI=1S/C55H66ClN5O7.C28H36ClN3O7.C26H35N3O6.HI/c1-54(2)41-23-12-14-25-43(41)59(5)47(54)27-20-28-48-55(3,4)42-24-13-15-26-44(42)61(48)34-19-16-29-49(64)57-31-30-39-22-11-8-6-7-10-21-38(58-67-37-50(65)60-32-17-9-18-33-60)35-40-51(53(66)68-39)45(62)36-46(63)52(40)56;1-19(33)30-13-12-21-11-7-4-2-3-6-10-20(31-38-18-25(36)32-14-8-5-9-15-32)16-22-26(28(37)39-21)23(34)17-24(35)27(22)29;27-12-11-22-10-6-3-1-2-5-9-20(28-34-18-24(32)29-13-7-4-8-14-29)15-19-16-21(30)17-23(31)25(19)26(33)35-22;/h8,10-15,20-21,23-28,36,39H,6-7,9,16-19,22,29-35,37H2,1-5H3,(H2-,57,62,63,64,66);4,6-7,10,17,21,34-35H,2-3,5,8-9,11-16,18H2,1H3,(H,30,33);3,5-6,9,16-17,22,30-31H,1-2,4,7-8,10-15,18,27H2;1H/b11-8+,21-10+,58-38?;7-4+,10-6+,31-20?;6-3+,9-5+,28-20?;. The molecule has 0 bridgehead atoms. The van der Waals surface area contributed by atoms with Crippen LogP contribution >= 0.6 is 23.2 Å². The first-order valence-electron chi connectivity index (χ1n) is 49.6. The number of likely N-dealkylation sites (tertiary alicyclic amines) is 3. The molecule has 3 fully saturated rings. The van der Waals surface area contributed by atoms with Crippen LogP contribution in [0.1, 0.15) is 248 Å². The Labute approximate surface area is 865 Å². The lowest BCUT2D eigenvalue weighted by Crippen LogP contribution is -3.00. The number of oxime groups is 3. The summed E-state index contributed by atoms with van der Waals surface area (Å²) in [4.78, 5) is 126. The predicted molar refractivity (Wildman–Crippen MR) is 549 cm³/mol. The Morgan fingerprint density at radius 3 is 1.39 bits per heavy atom. The number of phenolic OH excluding ortho intramolecular Hbond substituents is 6. The van der Waals surface area contributed by atoms with Gasteiger partial charge in [0.15, 0.2) is 25.5 Å². The van der Waals surface area contributed by atoms with Gasteiger partial charge in [-0.2, -0.15) is 4.58 Å². The van der Waals surface area contributed by atoms with Gasteiger partial charge in [0.2, 0.25) is 17.5 Å². The number of piperidine rings is 3. The van der Waals surface area contributed by atoms with E-state index in [1.807, 2.05) is 54.7 Å². The van der Waals surface area contributed by atoms with Gasteiger partial charge in [-0.3, -0.25) is 24.0 Å². The van der Waals surface area contributed by atoms with Crippen molar-refractivity contribution in [2.24, 2.45) is 21.2 Å². The van der Waals surface area contributed by atoms with E-state index in [0.29, 0.717) is 133 Å². The van der Waals surface area contributed by atoms with E-state index in [0.717, 1.165) is 121 Å². The molecule has 8 aliphatic heterocycles. The highest BCUT2D eigenvalue weighted by Gasteiger charge is 2.44. The molecule has 34 heteroatoms. The van der Waals surface area contributed by atoms with E-state index in [4.69, 9.17) is 57.7 Å². The van der Waals surface area contributed by atoms with Crippen molar-refractivity contribution in [3.63, 3.8) is 0 Å². The summed E-state index contributed by atoms with van der Waals surface area (Å²) in [5.74, 6) is -5.47. The SMILES string of the molecule is CC(=O)NCCC1C/C=C/CC/C=C/C(=NOCC(=O)N2CCCCC2)Cc2c(Cl)c(O)cc(O)c2C(=O)O1.C[N+]1=C(/C=C/C=C2/N(CCCCC(=O)NCCC3C/C=C/CC/C=C/C(=NOCC(=O)N4CCCCC4)Cc4c(Cl)c(O)cc(O)c4C(=O)O3)c3ccccc3C2(C)C)C(C)(C)c2ccccc21.NCCC1C/C=C/CC/C=C/C(=NOCC(=O)N2CCCCC2)Cc2cc(O)cc(O)c2C(=O)O1.[I-]. The van der Waals surface area contributed by atoms with E-state index < -0.39 is 59.2 Å². The number of unbranched alkanes of at least 4 members (excludes halogenated alkanes) is 1. The minimum atomic E-state index is -0.833. The quantitative estimate of drug-likeness (QED) is 0.00527. The number of fused-ring (bicyclic) bond motifs is 5. The van der Waals surface area contributed by atoms with Gasteiger partial charge in [0.05, 0.1) is 32.6 Å². The number of hydrogen-bond acceptors (Lipinski definition) is 25. The lowest BCUT2D eigenvalue weighted by atomic mass is 9.81. The Morgan fingerprint density at radius 2 is 0.930 bits per heavy atom. The lowest BCUT2D eigenvalue weighted by molar-refractivity contribution is -0.401. The van der Waals surface area contributed by atoms with Crippen molar-refractivity contribution < 1.29 is 126 Å². The minimum Gasteiger partial charge on any atom is -1.00 e. The maximum absolute atomic E-state index is 13.9. The fraction of sp³-hybridized carbons (Fsp3) is 0.468. The summed E-state index contributed by atoms with van der Waals surface area (Å²) in [6.45, 7) is 15.8. The van der Waals surface area contributed by atoms with Crippen LogP contribution in [0.4, 0.5) is 11.4 Å². The zero-order chi connectivity index (χ0) is 102. The Morgan fingerprint density at radius 1 is 0.510 bits per heavy atom. The zero-order valence-electron chi connectivity index (χ0n) is 82.8. The molecule has 0 aromatic heterocycles. The summed E-state index contributed by atoms with van der Waals surface area (Å²) < 4.78 is 19.6. The van der Waals surface area contributed by atoms with Crippen LogP contribution in [0, 0.1) is 0 Å². The number of nitrogens with two attached hydrogens (primary N) is 1. The highest BCUT2D eigenvalue weighted by atomic mass is 127. The van der Waals surface area contributed by atoms with Crippen LogP contribution in [0.2, 0.25) is 10.0 Å². The van der Waals surface area contributed by atoms with E-state index in [2.05, 4.69) is 137 Å². The molecule has 0 saturated carbocycles. The van der Waals surface area contributed by atoms with Crippen molar-refractivity contribution in [1.82, 2.24) is 25.3 Å². The molecule has 3 saturated heterocycles. The molecule has 770 valence electrons. The van der Waals surface area contributed by atoms with Crippen LogP contribution < -0.4 is 45.2 Å². The molecule has 5 aromatic carbocycles. The Balaban J connectivity index is 0.000000238. The zero-order valence-corrected chi connectivity index (χ0v) is 86.5. The van der Waals surface area contributed by atoms with Crippen molar-refractivity contribution in [1.29, 1.82) is 0 Å². The number of halogens is 3. The predicted octanol–water partition coefficient (Wildman–Crippen LogP) is 14.3. The Kier molecular flexibility index (Phi) is 44.7. The molecule has 0 radical (unpaired) electrons. The number of hydrogen-bond donors (Lipinski definition) is 9. The highest BCUT2D eigenvalue weighted by Crippen LogP contribution is 2.49. The normalized spacial score (nSPS) is 21.4. The number of nitrogens with one attached hydrogen (secondary N) is 2. The molecule has 143 heavy (non-hydrogen) atoms. The van der Waals surface area contributed by atoms with Gasteiger partial charge in [0.25, 0.3) is 17.7 Å². The van der Waals surface area contributed by atoms with Crippen molar-refractivity contribution >= 4 is 105 Å². The van der Waals surface area contributed by atoms with Gasteiger partial charge in [0, 0.05) is 176 Å². The molecule has 5 amide bonds. The lowest BCUT2D eigenvalue weighted by Gasteiger charge is -2.27. The van der Waals surface area contributed by atoms with Crippen molar-refractivity contribution in [3.8, 4) is 34.5 Å². The molecule has 8 aliphatic rings.